The molecule has 1 aliphatic heterocycles. The van der Waals surface area contributed by atoms with E-state index in [1.54, 1.807) is 18.3 Å². The molecule has 138 valence electrons. The van der Waals surface area contributed by atoms with Gasteiger partial charge >= 0.3 is 0 Å². The topological polar surface area (TPSA) is 49.4 Å². The van der Waals surface area contributed by atoms with Crippen LogP contribution in [0.1, 0.15) is 30.2 Å². The average Bonchev–Trinajstić information content (AvgIpc) is 3.15. The number of rotatable bonds is 6. The molecule has 0 saturated carbocycles. The first kappa shape index (κ1) is 18.6. The predicted molar refractivity (Wildman–Crippen MR) is 105 cm³/mol. The standard InChI is InChI=1S/C21H26N2O2S/c1-16(22-20(24)15-19-8-5-13-26-19)21(25)23-11-9-18(10-12-23)14-17-6-3-2-4-7-17/h2-8,13,16,18H,9-12,14-15H2,1H3,(H,22,24)/t16-/m1/s1. The highest BCUT2D eigenvalue weighted by Crippen LogP contribution is 2.22. The molecular weight excluding hydrogens is 344 g/mol. The average molecular weight is 371 g/mol. The van der Waals surface area contributed by atoms with Crippen molar-refractivity contribution in [3.05, 3.63) is 58.3 Å². The van der Waals surface area contributed by atoms with Crippen LogP contribution in [0.25, 0.3) is 0 Å². The Labute approximate surface area is 159 Å². The van der Waals surface area contributed by atoms with E-state index in [1.165, 1.54) is 5.56 Å². The number of carbonyl (C=O) groups excluding carboxylic acids is 2. The van der Waals surface area contributed by atoms with Crippen molar-refractivity contribution in [1.82, 2.24) is 10.2 Å². The summed E-state index contributed by atoms with van der Waals surface area (Å²) in [5.74, 6) is 0.570. The highest BCUT2D eigenvalue weighted by molar-refractivity contribution is 7.10. The van der Waals surface area contributed by atoms with Crippen LogP contribution in [-0.2, 0) is 22.4 Å². The molecule has 0 aliphatic carbocycles. The summed E-state index contributed by atoms with van der Waals surface area (Å²) in [6.07, 6.45) is 3.47. The fourth-order valence-corrected chi connectivity index (χ4v) is 4.21. The van der Waals surface area contributed by atoms with Gasteiger partial charge in [-0.2, -0.15) is 0 Å². The second kappa shape index (κ2) is 8.99. The minimum absolute atomic E-state index is 0.0303. The molecule has 0 unspecified atom stereocenters. The van der Waals surface area contributed by atoms with Crippen LogP contribution in [0.3, 0.4) is 0 Å². The molecule has 3 rings (SSSR count). The number of hydrogen-bond acceptors (Lipinski definition) is 3. The first-order chi connectivity index (χ1) is 12.6. The number of carbonyl (C=O) groups is 2. The van der Waals surface area contributed by atoms with E-state index in [2.05, 4.69) is 29.6 Å². The van der Waals surface area contributed by atoms with Gasteiger partial charge in [-0.3, -0.25) is 9.59 Å². The van der Waals surface area contributed by atoms with Crippen molar-refractivity contribution in [2.45, 2.75) is 38.6 Å². The number of nitrogens with zero attached hydrogens (tertiary/aromatic N) is 1. The molecule has 5 heteroatoms. The maximum Gasteiger partial charge on any atom is 0.244 e. The van der Waals surface area contributed by atoms with Gasteiger partial charge in [-0.1, -0.05) is 36.4 Å². The molecule has 0 spiro atoms. The molecule has 1 N–H and O–H groups in total. The Kier molecular flexibility index (Phi) is 6.45. The van der Waals surface area contributed by atoms with Gasteiger partial charge in [0, 0.05) is 18.0 Å². The lowest BCUT2D eigenvalue weighted by molar-refractivity contribution is -0.137. The van der Waals surface area contributed by atoms with Crippen molar-refractivity contribution in [3.8, 4) is 0 Å². The van der Waals surface area contributed by atoms with E-state index < -0.39 is 6.04 Å². The summed E-state index contributed by atoms with van der Waals surface area (Å²) < 4.78 is 0. The van der Waals surface area contributed by atoms with Crippen LogP contribution in [0.4, 0.5) is 0 Å². The molecule has 2 heterocycles. The molecule has 1 saturated heterocycles. The SMILES string of the molecule is C[C@@H](NC(=O)Cc1cccs1)C(=O)N1CCC(Cc2ccccc2)CC1. The third-order valence-corrected chi connectivity index (χ3v) is 5.83. The molecule has 0 bridgehead atoms. The number of amides is 2. The minimum atomic E-state index is -0.465. The Bertz CT molecular complexity index is 707. The van der Waals surface area contributed by atoms with Crippen LogP contribution in [0, 0.1) is 5.92 Å². The van der Waals surface area contributed by atoms with Gasteiger partial charge in [0.2, 0.25) is 11.8 Å². The largest absolute Gasteiger partial charge is 0.344 e. The third kappa shape index (κ3) is 5.18. The Morgan fingerprint density at radius 3 is 2.54 bits per heavy atom. The third-order valence-electron chi connectivity index (χ3n) is 4.96. The maximum atomic E-state index is 12.6. The predicted octanol–water partition coefficient (Wildman–Crippen LogP) is 3.28. The minimum Gasteiger partial charge on any atom is -0.344 e. The molecular formula is C21H26N2O2S. The molecule has 1 aromatic heterocycles. The fraction of sp³-hybridized carbons (Fsp3) is 0.429. The van der Waals surface area contributed by atoms with Crippen molar-refractivity contribution in [2.75, 3.05) is 13.1 Å². The van der Waals surface area contributed by atoms with Gasteiger partial charge in [0.15, 0.2) is 0 Å². The van der Waals surface area contributed by atoms with Crippen LogP contribution >= 0.6 is 11.3 Å². The van der Waals surface area contributed by atoms with Gasteiger partial charge < -0.3 is 10.2 Å². The van der Waals surface area contributed by atoms with Crippen LogP contribution in [0.2, 0.25) is 0 Å². The Morgan fingerprint density at radius 2 is 1.88 bits per heavy atom. The molecule has 4 nitrogen and oxygen atoms in total. The zero-order valence-electron chi connectivity index (χ0n) is 15.2. The molecule has 1 atom stereocenters. The highest BCUT2D eigenvalue weighted by atomic mass is 32.1. The first-order valence-electron chi connectivity index (χ1n) is 9.26. The molecule has 1 aromatic carbocycles. The van der Waals surface area contributed by atoms with Crippen molar-refractivity contribution >= 4 is 23.2 Å². The van der Waals surface area contributed by atoms with E-state index in [-0.39, 0.29) is 11.8 Å². The Balaban J connectivity index is 1.43. The summed E-state index contributed by atoms with van der Waals surface area (Å²) in [5.41, 5.74) is 1.37. The van der Waals surface area contributed by atoms with Crippen molar-refractivity contribution in [3.63, 3.8) is 0 Å². The summed E-state index contributed by atoms with van der Waals surface area (Å²) in [4.78, 5) is 27.6. The fourth-order valence-electron chi connectivity index (χ4n) is 3.50. The molecule has 0 radical (unpaired) electrons. The van der Waals surface area contributed by atoms with Gasteiger partial charge in [-0.25, -0.2) is 0 Å². The molecule has 2 aromatic rings. The lowest BCUT2D eigenvalue weighted by Gasteiger charge is -2.33. The number of likely N-dealkylation sites (tertiary alicyclic amines) is 1. The zero-order valence-corrected chi connectivity index (χ0v) is 16.0. The summed E-state index contributed by atoms with van der Waals surface area (Å²) in [7, 11) is 0. The van der Waals surface area contributed by atoms with Crippen molar-refractivity contribution in [2.24, 2.45) is 5.92 Å². The van der Waals surface area contributed by atoms with Gasteiger partial charge in [-0.05, 0) is 49.1 Å². The van der Waals surface area contributed by atoms with Crippen molar-refractivity contribution in [1.29, 1.82) is 0 Å². The van der Waals surface area contributed by atoms with Gasteiger partial charge in [0.1, 0.15) is 6.04 Å². The van der Waals surface area contributed by atoms with E-state index in [4.69, 9.17) is 0 Å². The van der Waals surface area contributed by atoms with E-state index in [0.29, 0.717) is 12.3 Å². The number of hydrogen-bond donors (Lipinski definition) is 1. The van der Waals surface area contributed by atoms with E-state index in [1.807, 2.05) is 28.5 Å². The van der Waals surface area contributed by atoms with Crippen LogP contribution < -0.4 is 5.32 Å². The normalized spacial score (nSPS) is 16.3. The quantitative estimate of drug-likeness (QED) is 0.848. The summed E-state index contributed by atoms with van der Waals surface area (Å²) in [5, 5.41) is 4.80. The second-order valence-corrected chi connectivity index (χ2v) is 8.04. The summed E-state index contributed by atoms with van der Waals surface area (Å²) in [6.45, 7) is 3.34. The second-order valence-electron chi connectivity index (χ2n) is 7.00. The van der Waals surface area contributed by atoms with Crippen molar-refractivity contribution < 1.29 is 9.59 Å². The van der Waals surface area contributed by atoms with E-state index >= 15 is 0 Å². The number of thiophene rings is 1. The Hall–Kier alpha value is -2.14. The van der Waals surface area contributed by atoms with Gasteiger partial charge in [0.25, 0.3) is 0 Å². The first-order valence-corrected chi connectivity index (χ1v) is 10.1. The van der Waals surface area contributed by atoms with Crippen LogP contribution in [0.5, 0.6) is 0 Å². The lowest BCUT2D eigenvalue weighted by atomic mass is 9.90. The molecule has 2 amide bonds. The van der Waals surface area contributed by atoms with Gasteiger partial charge in [0.05, 0.1) is 6.42 Å². The monoisotopic (exact) mass is 370 g/mol. The molecule has 1 aliphatic rings. The van der Waals surface area contributed by atoms with Crippen LogP contribution in [0.15, 0.2) is 47.8 Å². The number of nitrogens with one attached hydrogen (secondary N) is 1. The van der Waals surface area contributed by atoms with E-state index in [9.17, 15) is 9.59 Å². The summed E-state index contributed by atoms with van der Waals surface area (Å²) in [6, 6.07) is 13.9. The maximum absolute atomic E-state index is 12.6. The number of benzene rings is 1. The lowest BCUT2D eigenvalue weighted by Crippen LogP contribution is -2.49. The number of piperidine rings is 1. The summed E-state index contributed by atoms with van der Waals surface area (Å²) >= 11 is 1.56. The Morgan fingerprint density at radius 1 is 1.15 bits per heavy atom. The van der Waals surface area contributed by atoms with Gasteiger partial charge in [-0.15, -0.1) is 11.3 Å². The highest BCUT2D eigenvalue weighted by Gasteiger charge is 2.26. The smallest absolute Gasteiger partial charge is 0.244 e. The van der Waals surface area contributed by atoms with Crippen LogP contribution in [-0.4, -0.2) is 35.8 Å². The zero-order chi connectivity index (χ0) is 18.4. The van der Waals surface area contributed by atoms with E-state index in [0.717, 1.165) is 37.2 Å². The molecule has 26 heavy (non-hydrogen) atoms. The molecule has 1 fully saturated rings.